The van der Waals surface area contributed by atoms with Gasteiger partial charge >= 0.3 is 5.97 Å². The second-order valence-corrected chi connectivity index (χ2v) is 5.82. The van der Waals surface area contributed by atoms with Crippen LogP contribution in [0.5, 0.6) is 11.5 Å². The Bertz CT molecular complexity index is 710. The fourth-order valence-electron chi connectivity index (χ4n) is 2.10. The molecular weight excluding hydrogens is 352 g/mol. The molecule has 2 rings (SSSR count). The molecule has 0 aliphatic rings. The Labute approximate surface area is 136 Å². The van der Waals surface area contributed by atoms with E-state index >= 15 is 0 Å². The summed E-state index contributed by atoms with van der Waals surface area (Å²) >= 11 is 3.49. The summed E-state index contributed by atoms with van der Waals surface area (Å²) in [6, 6.07) is 5.13. The summed E-state index contributed by atoms with van der Waals surface area (Å²) in [4.78, 5) is 11.1. The van der Waals surface area contributed by atoms with E-state index in [9.17, 15) is 4.79 Å². The van der Waals surface area contributed by atoms with E-state index in [-0.39, 0.29) is 11.8 Å². The van der Waals surface area contributed by atoms with Gasteiger partial charge in [0.25, 0.3) is 0 Å². The van der Waals surface area contributed by atoms with E-state index in [4.69, 9.17) is 14.6 Å². The van der Waals surface area contributed by atoms with E-state index in [0.717, 1.165) is 4.47 Å². The maximum atomic E-state index is 11.1. The standard InChI is InChI=1S/C15H17BrN2O4/c1-8(2)22-14-12(21-4)6-5-9(16)13(14)11-7-10(15(19)20)17-18(11)3/h5-8H,1-4H3,(H,19,20). The molecule has 1 heterocycles. The van der Waals surface area contributed by atoms with E-state index in [2.05, 4.69) is 21.0 Å². The number of carboxylic acid groups (broad SMARTS) is 1. The number of aromatic nitrogens is 2. The summed E-state index contributed by atoms with van der Waals surface area (Å²) in [6.45, 7) is 3.83. The van der Waals surface area contributed by atoms with Crippen LogP contribution < -0.4 is 9.47 Å². The van der Waals surface area contributed by atoms with Crippen LogP contribution in [0.2, 0.25) is 0 Å². The number of hydrogen-bond acceptors (Lipinski definition) is 4. The molecule has 1 aromatic carbocycles. The molecule has 0 aliphatic carbocycles. The minimum absolute atomic E-state index is 0.0253. The van der Waals surface area contributed by atoms with E-state index in [1.807, 2.05) is 19.9 Å². The molecule has 0 fully saturated rings. The van der Waals surface area contributed by atoms with Crippen LogP contribution in [-0.4, -0.2) is 34.1 Å². The van der Waals surface area contributed by atoms with Gasteiger partial charge in [0.2, 0.25) is 0 Å². The molecule has 2 aromatic rings. The molecule has 22 heavy (non-hydrogen) atoms. The molecule has 1 aromatic heterocycles. The van der Waals surface area contributed by atoms with Gasteiger partial charge in [-0.3, -0.25) is 4.68 Å². The molecule has 0 atom stereocenters. The summed E-state index contributed by atoms with van der Waals surface area (Å²) in [7, 11) is 3.25. The van der Waals surface area contributed by atoms with Crippen molar-refractivity contribution in [1.82, 2.24) is 9.78 Å². The lowest BCUT2D eigenvalue weighted by Gasteiger charge is -2.18. The number of ether oxygens (including phenoxy) is 2. The molecule has 0 amide bonds. The van der Waals surface area contributed by atoms with Gasteiger partial charge in [0, 0.05) is 11.5 Å². The second kappa shape index (κ2) is 6.39. The summed E-state index contributed by atoms with van der Waals surface area (Å²) in [6.07, 6.45) is -0.0610. The van der Waals surface area contributed by atoms with Crippen molar-refractivity contribution in [3.8, 4) is 22.8 Å². The fourth-order valence-corrected chi connectivity index (χ4v) is 2.61. The average molecular weight is 369 g/mol. The summed E-state index contributed by atoms with van der Waals surface area (Å²) in [5.74, 6) is 0.0454. The molecule has 118 valence electrons. The Kier molecular flexibility index (Phi) is 4.75. The Balaban J connectivity index is 2.70. The molecule has 0 unspecified atom stereocenters. The number of rotatable bonds is 5. The topological polar surface area (TPSA) is 73.6 Å². The van der Waals surface area contributed by atoms with Crippen LogP contribution in [-0.2, 0) is 7.05 Å². The third kappa shape index (κ3) is 3.09. The number of methoxy groups -OCH3 is 1. The molecule has 0 radical (unpaired) electrons. The Morgan fingerprint density at radius 3 is 2.59 bits per heavy atom. The highest BCUT2D eigenvalue weighted by Gasteiger charge is 2.22. The average Bonchev–Trinajstić information content (AvgIpc) is 2.81. The van der Waals surface area contributed by atoms with Gasteiger partial charge in [0.1, 0.15) is 0 Å². The zero-order chi connectivity index (χ0) is 16.4. The van der Waals surface area contributed by atoms with E-state index in [0.29, 0.717) is 22.8 Å². The molecule has 0 saturated carbocycles. The van der Waals surface area contributed by atoms with E-state index in [1.54, 1.807) is 20.2 Å². The quantitative estimate of drug-likeness (QED) is 0.875. The normalized spacial score (nSPS) is 10.8. The first-order valence-electron chi connectivity index (χ1n) is 6.66. The highest BCUT2D eigenvalue weighted by Crippen LogP contribution is 2.43. The second-order valence-electron chi connectivity index (χ2n) is 4.96. The smallest absolute Gasteiger partial charge is 0.356 e. The molecule has 0 spiro atoms. The van der Waals surface area contributed by atoms with Crippen molar-refractivity contribution in [1.29, 1.82) is 0 Å². The van der Waals surface area contributed by atoms with Crippen molar-refractivity contribution in [3.63, 3.8) is 0 Å². The zero-order valence-electron chi connectivity index (χ0n) is 12.8. The van der Waals surface area contributed by atoms with Gasteiger partial charge in [-0.25, -0.2) is 4.79 Å². The van der Waals surface area contributed by atoms with Gasteiger partial charge in [-0.05, 0) is 48.0 Å². The van der Waals surface area contributed by atoms with Gasteiger partial charge in [0.15, 0.2) is 17.2 Å². The maximum absolute atomic E-state index is 11.1. The van der Waals surface area contributed by atoms with Crippen LogP contribution in [0.15, 0.2) is 22.7 Å². The lowest BCUT2D eigenvalue weighted by molar-refractivity contribution is 0.0689. The van der Waals surface area contributed by atoms with Gasteiger partial charge < -0.3 is 14.6 Å². The van der Waals surface area contributed by atoms with Crippen molar-refractivity contribution in [3.05, 3.63) is 28.4 Å². The van der Waals surface area contributed by atoms with Crippen LogP contribution in [0.25, 0.3) is 11.3 Å². The number of carboxylic acids is 1. The van der Waals surface area contributed by atoms with Crippen molar-refractivity contribution < 1.29 is 19.4 Å². The SMILES string of the molecule is COc1ccc(Br)c(-c2cc(C(=O)O)nn2C)c1OC(C)C. The van der Waals surface area contributed by atoms with Crippen LogP contribution in [0.3, 0.4) is 0 Å². The largest absolute Gasteiger partial charge is 0.493 e. The summed E-state index contributed by atoms with van der Waals surface area (Å²) in [5, 5.41) is 13.1. The number of carbonyl (C=O) groups is 1. The molecular formula is C15H17BrN2O4. The van der Waals surface area contributed by atoms with Crippen molar-refractivity contribution in [2.75, 3.05) is 7.11 Å². The van der Waals surface area contributed by atoms with Gasteiger partial charge in [-0.1, -0.05) is 0 Å². The Hall–Kier alpha value is -2.02. The maximum Gasteiger partial charge on any atom is 0.356 e. The number of hydrogen-bond donors (Lipinski definition) is 1. The zero-order valence-corrected chi connectivity index (χ0v) is 14.3. The molecule has 0 saturated heterocycles. The summed E-state index contributed by atoms with van der Waals surface area (Å²) in [5.41, 5.74) is 1.30. The van der Waals surface area contributed by atoms with Gasteiger partial charge in [-0.15, -0.1) is 0 Å². The van der Waals surface area contributed by atoms with Gasteiger partial charge in [-0.2, -0.15) is 5.10 Å². The van der Waals surface area contributed by atoms with Crippen LogP contribution >= 0.6 is 15.9 Å². The summed E-state index contributed by atoms with van der Waals surface area (Å²) < 4.78 is 13.5. The highest BCUT2D eigenvalue weighted by molar-refractivity contribution is 9.10. The monoisotopic (exact) mass is 368 g/mol. The van der Waals surface area contributed by atoms with Crippen molar-refractivity contribution in [2.45, 2.75) is 20.0 Å². The van der Waals surface area contributed by atoms with Gasteiger partial charge in [0.05, 0.1) is 24.5 Å². The number of halogens is 1. The highest BCUT2D eigenvalue weighted by atomic mass is 79.9. The van der Waals surface area contributed by atoms with Crippen molar-refractivity contribution in [2.24, 2.45) is 7.05 Å². The van der Waals surface area contributed by atoms with Crippen LogP contribution in [0.1, 0.15) is 24.3 Å². The third-order valence-electron chi connectivity index (χ3n) is 3.00. The fraction of sp³-hybridized carbons (Fsp3) is 0.333. The molecule has 0 aliphatic heterocycles. The first-order valence-corrected chi connectivity index (χ1v) is 7.45. The Morgan fingerprint density at radius 1 is 1.41 bits per heavy atom. The third-order valence-corrected chi connectivity index (χ3v) is 3.66. The predicted octanol–water partition coefficient (Wildman–Crippen LogP) is 3.34. The number of benzene rings is 1. The predicted molar refractivity (Wildman–Crippen MR) is 85.6 cm³/mol. The van der Waals surface area contributed by atoms with E-state index in [1.165, 1.54) is 10.7 Å². The number of aromatic carboxylic acids is 1. The molecule has 6 nitrogen and oxygen atoms in total. The van der Waals surface area contributed by atoms with Crippen LogP contribution in [0, 0.1) is 0 Å². The minimum Gasteiger partial charge on any atom is -0.493 e. The lowest BCUT2D eigenvalue weighted by atomic mass is 10.1. The lowest BCUT2D eigenvalue weighted by Crippen LogP contribution is -2.09. The number of nitrogens with zero attached hydrogens (tertiary/aromatic N) is 2. The van der Waals surface area contributed by atoms with E-state index < -0.39 is 5.97 Å². The first-order chi connectivity index (χ1) is 10.3. The Morgan fingerprint density at radius 2 is 2.09 bits per heavy atom. The molecule has 1 N–H and O–H groups in total. The number of aryl methyl sites for hydroxylation is 1. The molecule has 0 bridgehead atoms. The van der Waals surface area contributed by atoms with Crippen molar-refractivity contribution >= 4 is 21.9 Å². The van der Waals surface area contributed by atoms with Crippen LogP contribution in [0.4, 0.5) is 0 Å². The molecule has 7 heteroatoms. The first kappa shape index (κ1) is 16.4. The minimum atomic E-state index is -1.08.